The molecular weight excluding hydrogens is 364 g/mol. The van der Waals surface area contributed by atoms with Crippen molar-refractivity contribution in [3.63, 3.8) is 0 Å². The molecule has 1 unspecified atom stereocenters. The second-order valence-corrected chi connectivity index (χ2v) is 7.58. The largest absolute Gasteiger partial charge is 0.469 e. The Bertz CT molecular complexity index is 718. The van der Waals surface area contributed by atoms with E-state index < -0.39 is 6.09 Å². The van der Waals surface area contributed by atoms with Crippen LogP contribution in [0.2, 0.25) is 0 Å². The van der Waals surface area contributed by atoms with Crippen LogP contribution in [-0.4, -0.2) is 30.7 Å². The van der Waals surface area contributed by atoms with E-state index in [0.29, 0.717) is 25.3 Å². The number of hydrogen-bond acceptors (Lipinski definition) is 6. The Morgan fingerprint density at radius 3 is 2.74 bits per heavy atom. The molecule has 146 valence electrons. The second kappa shape index (κ2) is 11.3. The summed E-state index contributed by atoms with van der Waals surface area (Å²) in [6.45, 7) is 2.92. The highest BCUT2D eigenvalue weighted by molar-refractivity contribution is 7.11. The Labute approximate surface area is 163 Å². The summed E-state index contributed by atoms with van der Waals surface area (Å²) in [5.41, 5.74) is 0.965. The topological polar surface area (TPSA) is 77.5 Å². The van der Waals surface area contributed by atoms with Crippen molar-refractivity contribution in [2.24, 2.45) is 5.92 Å². The summed E-state index contributed by atoms with van der Waals surface area (Å²) in [5, 5.41) is 3.85. The van der Waals surface area contributed by atoms with Crippen molar-refractivity contribution in [3.05, 3.63) is 52.0 Å². The Balaban J connectivity index is 1.61. The van der Waals surface area contributed by atoms with Gasteiger partial charge >= 0.3 is 12.1 Å². The first-order valence-corrected chi connectivity index (χ1v) is 9.83. The number of carbonyl (C=O) groups excluding carboxylic acids is 2. The predicted molar refractivity (Wildman–Crippen MR) is 105 cm³/mol. The molecule has 0 aliphatic heterocycles. The van der Waals surface area contributed by atoms with Gasteiger partial charge in [0.1, 0.15) is 6.61 Å². The first-order chi connectivity index (χ1) is 13.1. The first kappa shape index (κ1) is 20.9. The Morgan fingerprint density at radius 1 is 1.22 bits per heavy atom. The molecule has 2 aromatic rings. The van der Waals surface area contributed by atoms with E-state index in [1.807, 2.05) is 36.5 Å². The number of alkyl carbamates (subject to hydrolysis) is 1. The fourth-order valence-corrected chi connectivity index (χ4v) is 3.35. The van der Waals surface area contributed by atoms with Crippen LogP contribution in [0.5, 0.6) is 0 Å². The number of nitrogens with zero attached hydrogens (tertiary/aromatic N) is 1. The van der Waals surface area contributed by atoms with Crippen molar-refractivity contribution < 1.29 is 19.1 Å². The maximum Gasteiger partial charge on any atom is 0.407 e. The molecule has 0 bridgehead atoms. The molecule has 1 aromatic carbocycles. The Kier molecular flexibility index (Phi) is 8.77. The molecule has 1 aromatic heterocycles. The van der Waals surface area contributed by atoms with Crippen molar-refractivity contribution in [2.45, 2.75) is 39.2 Å². The summed E-state index contributed by atoms with van der Waals surface area (Å²) in [5.74, 6) is 0.112. The van der Waals surface area contributed by atoms with Crippen molar-refractivity contribution in [3.8, 4) is 0 Å². The van der Waals surface area contributed by atoms with Gasteiger partial charge in [-0.1, -0.05) is 37.3 Å². The number of amides is 1. The van der Waals surface area contributed by atoms with Crippen molar-refractivity contribution in [2.75, 3.05) is 13.7 Å². The van der Waals surface area contributed by atoms with Crippen LogP contribution in [0.1, 0.15) is 35.2 Å². The third-order valence-electron chi connectivity index (χ3n) is 4.06. The molecule has 1 heterocycles. The summed E-state index contributed by atoms with van der Waals surface area (Å²) in [6.07, 6.45) is 4.24. The number of esters is 1. The monoisotopic (exact) mass is 390 g/mol. The molecule has 0 radical (unpaired) electrons. The summed E-state index contributed by atoms with van der Waals surface area (Å²) in [6, 6.07) is 9.60. The van der Waals surface area contributed by atoms with E-state index in [-0.39, 0.29) is 12.6 Å². The predicted octanol–water partition coefficient (Wildman–Crippen LogP) is 3.74. The van der Waals surface area contributed by atoms with E-state index in [4.69, 9.17) is 4.74 Å². The lowest BCUT2D eigenvalue weighted by Crippen LogP contribution is -2.29. The number of hydrogen-bond donors (Lipinski definition) is 1. The number of aryl methyl sites for hydroxylation is 2. The van der Waals surface area contributed by atoms with Gasteiger partial charge in [-0.15, -0.1) is 11.3 Å². The zero-order valence-corrected chi connectivity index (χ0v) is 16.6. The number of carbonyl (C=O) groups is 2. The molecule has 0 saturated carbocycles. The van der Waals surface area contributed by atoms with Gasteiger partial charge in [-0.05, 0) is 30.7 Å². The summed E-state index contributed by atoms with van der Waals surface area (Å²) in [4.78, 5) is 28.4. The van der Waals surface area contributed by atoms with Gasteiger partial charge in [0.05, 0.1) is 18.5 Å². The third kappa shape index (κ3) is 8.21. The summed E-state index contributed by atoms with van der Waals surface area (Å²) in [7, 11) is 1.40. The molecular formula is C20H26N2O4S. The van der Waals surface area contributed by atoms with Gasteiger partial charge in [0.25, 0.3) is 0 Å². The fraction of sp³-hybridized carbons (Fsp3) is 0.450. The van der Waals surface area contributed by atoms with E-state index in [0.717, 1.165) is 28.3 Å². The van der Waals surface area contributed by atoms with Crippen LogP contribution in [0.3, 0.4) is 0 Å². The minimum atomic E-state index is -0.398. The SMILES string of the molecule is COC(=O)CCc1cnc(CCC(C)CNC(=O)OCc2ccccc2)s1. The van der Waals surface area contributed by atoms with E-state index in [1.165, 1.54) is 7.11 Å². The van der Waals surface area contributed by atoms with Crippen molar-refractivity contribution in [1.29, 1.82) is 0 Å². The molecule has 0 fully saturated rings. The number of benzene rings is 1. The first-order valence-electron chi connectivity index (χ1n) is 9.01. The number of nitrogens with one attached hydrogen (secondary N) is 1. The minimum absolute atomic E-state index is 0.205. The highest BCUT2D eigenvalue weighted by Gasteiger charge is 2.10. The molecule has 7 heteroatoms. The summed E-state index contributed by atoms with van der Waals surface area (Å²) < 4.78 is 9.85. The lowest BCUT2D eigenvalue weighted by Gasteiger charge is -2.12. The van der Waals surface area contributed by atoms with Gasteiger partial charge in [-0.25, -0.2) is 9.78 Å². The summed E-state index contributed by atoms with van der Waals surface area (Å²) >= 11 is 1.63. The van der Waals surface area contributed by atoms with Gasteiger partial charge < -0.3 is 14.8 Å². The number of ether oxygens (including phenoxy) is 2. The average molecular weight is 391 g/mol. The highest BCUT2D eigenvalue weighted by atomic mass is 32.1. The second-order valence-electron chi connectivity index (χ2n) is 6.38. The van der Waals surface area contributed by atoms with Gasteiger partial charge in [-0.2, -0.15) is 0 Å². The van der Waals surface area contributed by atoms with Crippen molar-refractivity contribution in [1.82, 2.24) is 10.3 Å². The van der Waals surface area contributed by atoms with Gasteiger partial charge in [0.2, 0.25) is 0 Å². The zero-order chi connectivity index (χ0) is 19.5. The van der Waals surface area contributed by atoms with Crippen LogP contribution < -0.4 is 5.32 Å². The molecule has 1 atom stereocenters. The molecule has 1 amide bonds. The average Bonchev–Trinajstić information content (AvgIpc) is 3.16. The van der Waals surface area contributed by atoms with Crippen LogP contribution >= 0.6 is 11.3 Å². The van der Waals surface area contributed by atoms with Crippen molar-refractivity contribution >= 4 is 23.4 Å². The Morgan fingerprint density at radius 2 is 2.00 bits per heavy atom. The third-order valence-corrected chi connectivity index (χ3v) is 5.18. The van der Waals surface area contributed by atoms with E-state index in [1.54, 1.807) is 11.3 Å². The number of thiazole rings is 1. The minimum Gasteiger partial charge on any atom is -0.469 e. The van der Waals surface area contributed by atoms with Crippen LogP contribution in [0.25, 0.3) is 0 Å². The van der Waals surface area contributed by atoms with Crippen LogP contribution in [0, 0.1) is 5.92 Å². The van der Waals surface area contributed by atoms with Gasteiger partial charge in [0, 0.05) is 17.6 Å². The maximum absolute atomic E-state index is 11.8. The van der Waals surface area contributed by atoms with E-state index in [2.05, 4.69) is 22.0 Å². The van der Waals surface area contributed by atoms with Crippen LogP contribution in [0.4, 0.5) is 4.79 Å². The zero-order valence-electron chi connectivity index (χ0n) is 15.8. The molecule has 0 saturated heterocycles. The maximum atomic E-state index is 11.8. The van der Waals surface area contributed by atoms with E-state index >= 15 is 0 Å². The van der Waals surface area contributed by atoms with Gasteiger partial charge in [0.15, 0.2) is 0 Å². The van der Waals surface area contributed by atoms with Crippen LogP contribution in [0.15, 0.2) is 36.5 Å². The normalized spacial score (nSPS) is 11.6. The molecule has 1 N–H and O–H groups in total. The van der Waals surface area contributed by atoms with Gasteiger partial charge in [-0.3, -0.25) is 4.79 Å². The number of methoxy groups -OCH3 is 1. The molecule has 2 rings (SSSR count). The lowest BCUT2D eigenvalue weighted by molar-refractivity contribution is -0.140. The number of rotatable bonds is 10. The Hall–Kier alpha value is -2.41. The fourth-order valence-electron chi connectivity index (χ4n) is 2.41. The molecule has 0 aliphatic rings. The molecule has 0 spiro atoms. The molecule has 6 nitrogen and oxygen atoms in total. The van der Waals surface area contributed by atoms with E-state index in [9.17, 15) is 9.59 Å². The lowest BCUT2D eigenvalue weighted by atomic mass is 10.1. The standard InChI is InChI=1S/C20H26N2O4S/c1-15(12-22-20(24)26-14-16-6-4-3-5-7-16)8-10-18-21-13-17(27-18)9-11-19(23)25-2/h3-7,13,15H,8-12,14H2,1-2H3,(H,22,24). The quantitative estimate of drug-likeness (QED) is 0.625. The highest BCUT2D eigenvalue weighted by Crippen LogP contribution is 2.18. The van der Waals surface area contributed by atoms with Crippen LogP contribution in [-0.2, 0) is 33.7 Å². The number of aromatic nitrogens is 1. The molecule has 0 aliphatic carbocycles. The molecule has 27 heavy (non-hydrogen) atoms. The smallest absolute Gasteiger partial charge is 0.407 e.